The number of ether oxygens (including phenoxy) is 2. The molecule has 0 spiro atoms. The van der Waals surface area contributed by atoms with Crippen molar-refractivity contribution in [3.8, 4) is 5.75 Å². The number of nitrogens with two attached hydrogens (primary N) is 1. The second-order valence-corrected chi connectivity index (χ2v) is 4.58. The summed E-state index contributed by atoms with van der Waals surface area (Å²) in [7, 11) is 2.76. The Morgan fingerprint density at radius 2 is 1.95 bits per heavy atom. The maximum absolute atomic E-state index is 13.3. The fourth-order valence-corrected chi connectivity index (χ4v) is 1.73. The van der Waals surface area contributed by atoms with Gasteiger partial charge in [0.1, 0.15) is 11.6 Å². The number of carbonyl (C=O) groups excluding carboxylic acids is 1. The lowest BCUT2D eigenvalue weighted by molar-refractivity contribution is -0.152. The van der Waals surface area contributed by atoms with Gasteiger partial charge in [0.05, 0.1) is 19.6 Å². The zero-order valence-corrected chi connectivity index (χ0v) is 12.2. The Morgan fingerprint density at radius 1 is 1.37 bits per heavy atom. The minimum absolute atomic E-state index is 0. The van der Waals surface area contributed by atoms with Gasteiger partial charge in [-0.3, -0.25) is 4.79 Å². The Kier molecular flexibility index (Phi) is 6.25. The minimum atomic E-state index is -0.976. The molecule has 0 aromatic heterocycles. The van der Waals surface area contributed by atoms with E-state index in [4.69, 9.17) is 15.2 Å². The van der Waals surface area contributed by atoms with Crippen LogP contribution in [0.1, 0.15) is 25.5 Å². The van der Waals surface area contributed by atoms with Gasteiger partial charge in [-0.2, -0.15) is 0 Å². The molecule has 0 bridgehead atoms. The van der Waals surface area contributed by atoms with Crippen LogP contribution >= 0.6 is 12.4 Å². The molecule has 108 valence electrons. The van der Waals surface area contributed by atoms with Crippen LogP contribution in [-0.4, -0.2) is 20.2 Å². The van der Waals surface area contributed by atoms with Crippen LogP contribution in [-0.2, 0) is 9.53 Å². The van der Waals surface area contributed by atoms with Crippen LogP contribution in [0.15, 0.2) is 18.2 Å². The fraction of sp³-hybridized carbons (Fsp3) is 0.462. The van der Waals surface area contributed by atoms with Crippen molar-refractivity contribution in [2.45, 2.75) is 19.9 Å². The Morgan fingerprint density at radius 3 is 2.42 bits per heavy atom. The van der Waals surface area contributed by atoms with Crippen LogP contribution in [0.2, 0.25) is 0 Å². The molecule has 0 unspecified atom stereocenters. The van der Waals surface area contributed by atoms with E-state index in [1.807, 2.05) is 0 Å². The number of hydrogen-bond acceptors (Lipinski definition) is 4. The molecule has 0 aliphatic carbocycles. The Labute approximate surface area is 118 Å². The van der Waals surface area contributed by atoms with Gasteiger partial charge < -0.3 is 15.2 Å². The molecule has 6 heteroatoms. The third kappa shape index (κ3) is 3.58. The number of esters is 1. The SMILES string of the molecule is COC(=O)C(C)(C)[C@@H](N)c1cc(F)ccc1OC.Cl. The number of hydrogen-bond donors (Lipinski definition) is 1. The summed E-state index contributed by atoms with van der Waals surface area (Å²) in [5.74, 6) is -0.441. The minimum Gasteiger partial charge on any atom is -0.496 e. The summed E-state index contributed by atoms with van der Waals surface area (Å²) >= 11 is 0. The molecule has 0 amide bonds. The van der Waals surface area contributed by atoms with Crippen LogP contribution in [0.25, 0.3) is 0 Å². The van der Waals surface area contributed by atoms with E-state index in [0.29, 0.717) is 11.3 Å². The second-order valence-electron chi connectivity index (χ2n) is 4.58. The van der Waals surface area contributed by atoms with Crippen molar-refractivity contribution >= 4 is 18.4 Å². The first-order valence-electron chi connectivity index (χ1n) is 5.52. The molecule has 1 atom stereocenters. The van der Waals surface area contributed by atoms with Crippen molar-refractivity contribution in [2.24, 2.45) is 11.1 Å². The normalized spacial score (nSPS) is 12.3. The molecular formula is C13H19ClFNO3. The highest BCUT2D eigenvalue weighted by Crippen LogP contribution is 2.37. The van der Waals surface area contributed by atoms with Gasteiger partial charge in [-0.05, 0) is 32.0 Å². The van der Waals surface area contributed by atoms with E-state index in [9.17, 15) is 9.18 Å². The number of halogens is 2. The fourth-order valence-electron chi connectivity index (χ4n) is 1.73. The Balaban J connectivity index is 0.00000324. The van der Waals surface area contributed by atoms with Crippen molar-refractivity contribution in [2.75, 3.05) is 14.2 Å². The van der Waals surface area contributed by atoms with Crippen molar-refractivity contribution in [1.29, 1.82) is 0 Å². The number of carbonyl (C=O) groups is 1. The quantitative estimate of drug-likeness (QED) is 0.866. The molecular weight excluding hydrogens is 273 g/mol. The summed E-state index contributed by atoms with van der Waals surface area (Å²) in [4.78, 5) is 11.7. The molecule has 0 fully saturated rings. The number of benzene rings is 1. The zero-order valence-electron chi connectivity index (χ0n) is 11.4. The molecule has 1 rings (SSSR count). The van der Waals surface area contributed by atoms with E-state index in [1.54, 1.807) is 13.8 Å². The zero-order chi connectivity index (χ0) is 13.9. The molecule has 1 aromatic carbocycles. The summed E-state index contributed by atoms with van der Waals surface area (Å²) in [6, 6.07) is 3.31. The first kappa shape index (κ1) is 17.7. The Bertz CT molecular complexity index is 452. The summed E-state index contributed by atoms with van der Waals surface area (Å²) in [6.07, 6.45) is 0. The summed E-state index contributed by atoms with van der Waals surface area (Å²) in [5, 5.41) is 0. The monoisotopic (exact) mass is 291 g/mol. The average Bonchev–Trinajstić information content (AvgIpc) is 2.36. The highest BCUT2D eigenvalue weighted by atomic mass is 35.5. The lowest BCUT2D eigenvalue weighted by Crippen LogP contribution is -2.37. The van der Waals surface area contributed by atoms with Crippen LogP contribution in [0, 0.1) is 11.2 Å². The first-order valence-corrected chi connectivity index (χ1v) is 5.52. The summed E-state index contributed by atoms with van der Waals surface area (Å²) in [6.45, 7) is 3.29. The average molecular weight is 292 g/mol. The van der Waals surface area contributed by atoms with E-state index < -0.39 is 23.2 Å². The predicted octanol–water partition coefficient (Wildman–Crippen LogP) is 2.46. The van der Waals surface area contributed by atoms with E-state index in [1.165, 1.54) is 32.4 Å². The topological polar surface area (TPSA) is 61.5 Å². The van der Waals surface area contributed by atoms with Gasteiger partial charge >= 0.3 is 5.97 Å². The molecule has 0 saturated heterocycles. The van der Waals surface area contributed by atoms with Crippen molar-refractivity contribution < 1.29 is 18.7 Å². The van der Waals surface area contributed by atoms with Gasteiger partial charge in [0.2, 0.25) is 0 Å². The molecule has 2 N–H and O–H groups in total. The molecule has 0 aliphatic heterocycles. The van der Waals surface area contributed by atoms with E-state index in [0.717, 1.165) is 0 Å². The van der Waals surface area contributed by atoms with Crippen molar-refractivity contribution in [1.82, 2.24) is 0 Å². The van der Waals surface area contributed by atoms with Gasteiger partial charge in [0.15, 0.2) is 0 Å². The lowest BCUT2D eigenvalue weighted by Gasteiger charge is -2.29. The molecule has 0 radical (unpaired) electrons. The maximum Gasteiger partial charge on any atom is 0.313 e. The van der Waals surface area contributed by atoms with Gasteiger partial charge in [0.25, 0.3) is 0 Å². The van der Waals surface area contributed by atoms with Crippen molar-refractivity contribution in [3.63, 3.8) is 0 Å². The van der Waals surface area contributed by atoms with Gasteiger partial charge in [0, 0.05) is 11.6 Å². The smallest absolute Gasteiger partial charge is 0.313 e. The van der Waals surface area contributed by atoms with E-state index >= 15 is 0 Å². The first-order chi connectivity index (χ1) is 8.34. The molecule has 1 aromatic rings. The lowest BCUT2D eigenvalue weighted by atomic mass is 9.80. The van der Waals surface area contributed by atoms with Crippen LogP contribution in [0.3, 0.4) is 0 Å². The number of rotatable bonds is 4. The van der Waals surface area contributed by atoms with Crippen molar-refractivity contribution in [3.05, 3.63) is 29.6 Å². The number of methoxy groups -OCH3 is 2. The van der Waals surface area contributed by atoms with Crippen LogP contribution < -0.4 is 10.5 Å². The predicted molar refractivity (Wildman–Crippen MR) is 72.9 cm³/mol. The highest BCUT2D eigenvalue weighted by Gasteiger charge is 2.38. The second kappa shape index (κ2) is 6.73. The molecule has 4 nitrogen and oxygen atoms in total. The van der Waals surface area contributed by atoms with E-state index in [-0.39, 0.29) is 12.4 Å². The largest absolute Gasteiger partial charge is 0.496 e. The maximum atomic E-state index is 13.3. The third-order valence-corrected chi connectivity index (χ3v) is 3.02. The highest BCUT2D eigenvalue weighted by molar-refractivity contribution is 5.85. The van der Waals surface area contributed by atoms with Gasteiger partial charge in [-0.1, -0.05) is 0 Å². The summed E-state index contributed by atoms with van der Waals surface area (Å²) < 4.78 is 23.1. The standard InChI is InChI=1S/C13H18FNO3.ClH/c1-13(2,12(16)18-4)11(15)9-7-8(14)5-6-10(9)17-3;/h5-7,11H,15H2,1-4H3;1H/t11-;/m0./s1. The van der Waals surface area contributed by atoms with Gasteiger partial charge in [-0.15, -0.1) is 12.4 Å². The Hall–Kier alpha value is -1.33. The molecule has 19 heavy (non-hydrogen) atoms. The van der Waals surface area contributed by atoms with Crippen LogP contribution in [0.4, 0.5) is 4.39 Å². The van der Waals surface area contributed by atoms with Gasteiger partial charge in [-0.25, -0.2) is 4.39 Å². The third-order valence-electron chi connectivity index (χ3n) is 3.02. The molecule has 0 heterocycles. The van der Waals surface area contributed by atoms with E-state index in [2.05, 4.69) is 0 Å². The molecule has 0 aliphatic rings. The summed E-state index contributed by atoms with van der Waals surface area (Å²) in [5.41, 5.74) is 5.51. The van der Waals surface area contributed by atoms with Crippen LogP contribution in [0.5, 0.6) is 5.75 Å². The molecule has 0 saturated carbocycles.